The second-order valence-corrected chi connectivity index (χ2v) is 4.95. The fourth-order valence-corrected chi connectivity index (χ4v) is 2.60. The van der Waals surface area contributed by atoms with E-state index in [1.165, 1.54) is 18.1 Å². The van der Waals surface area contributed by atoms with Crippen molar-refractivity contribution in [3.63, 3.8) is 0 Å². The maximum Gasteiger partial charge on any atom is 0.408 e. The topological polar surface area (TPSA) is 24.5 Å². The second kappa shape index (κ2) is 6.01. The predicted octanol–water partition coefficient (Wildman–Crippen LogP) is 2.51. The summed E-state index contributed by atoms with van der Waals surface area (Å²) in [6.07, 6.45) is -4.28. The van der Waals surface area contributed by atoms with Crippen LogP contribution in [0.1, 0.15) is 17.2 Å². The van der Waals surface area contributed by atoms with Gasteiger partial charge in [-0.15, -0.1) is 0 Å². The van der Waals surface area contributed by atoms with Crippen LogP contribution in [0.2, 0.25) is 0 Å². The van der Waals surface area contributed by atoms with E-state index in [4.69, 9.17) is 4.74 Å². The molecule has 1 aliphatic rings. The van der Waals surface area contributed by atoms with Gasteiger partial charge in [-0.25, -0.2) is 0 Å². The van der Waals surface area contributed by atoms with Crippen molar-refractivity contribution in [2.45, 2.75) is 19.1 Å². The van der Waals surface area contributed by atoms with Crippen molar-refractivity contribution in [1.29, 1.82) is 0 Å². The number of alkyl halides is 3. The Labute approximate surface area is 116 Å². The zero-order valence-corrected chi connectivity index (χ0v) is 11.6. The Balaban J connectivity index is 2.35. The second-order valence-electron chi connectivity index (χ2n) is 4.95. The van der Waals surface area contributed by atoms with E-state index >= 15 is 0 Å². The Morgan fingerprint density at radius 2 is 1.90 bits per heavy atom. The molecule has 1 fully saturated rings. The van der Waals surface area contributed by atoms with E-state index in [1.54, 1.807) is 19.1 Å². The quantitative estimate of drug-likeness (QED) is 0.925. The summed E-state index contributed by atoms with van der Waals surface area (Å²) in [6.45, 7) is 3.66. The molecule has 1 aromatic carbocycles. The van der Waals surface area contributed by atoms with Crippen LogP contribution in [0.25, 0.3) is 0 Å². The molecule has 1 N–H and O–H groups in total. The third-order valence-corrected chi connectivity index (χ3v) is 3.60. The van der Waals surface area contributed by atoms with Crippen LogP contribution >= 0.6 is 0 Å². The third kappa shape index (κ3) is 3.24. The monoisotopic (exact) mass is 288 g/mol. The van der Waals surface area contributed by atoms with Gasteiger partial charge < -0.3 is 10.1 Å². The molecule has 0 aromatic heterocycles. The highest BCUT2D eigenvalue weighted by Crippen LogP contribution is 2.39. The molecule has 6 heteroatoms. The molecule has 20 heavy (non-hydrogen) atoms. The minimum atomic E-state index is -4.28. The van der Waals surface area contributed by atoms with Crippen LogP contribution in [-0.2, 0) is 0 Å². The lowest BCUT2D eigenvalue weighted by Gasteiger charge is -2.36. The van der Waals surface area contributed by atoms with Crippen molar-refractivity contribution in [2.75, 3.05) is 33.3 Å². The van der Waals surface area contributed by atoms with Crippen molar-refractivity contribution in [2.24, 2.45) is 0 Å². The van der Waals surface area contributed by atoms with Crippen LogP contribution < -0.4 is 10.1 Å². The van der Waals surface area contributed by atoms with Gasteiger partial charge >= 0.3 is 6.18 Å². The van der Waals surface area contributed by atoms with E-state index in [0.29, 0.717) is 43.1 Å². The van der Waals surface area contributed by atoms with Gasteiger partial charge in [-0.1, -0.05) is 6.07 Å². The van der Waals surface area contributed by atoms with Gasteiger partial charge in [-0.2, -0.15) is 13.2 Å². The lowest BCUT2D eigenvalue weighted by molar-refractivity contribution is -0.188. The summed E-state index contributed by atoms with van der Waals surface area (Å²) < 4.78 is 45.4. The summed E-state index contributed by atoms with van der Waals surface area (Å²) in [5, 5.41) is 3.08. The average molecular weight is 288 g/mol. The number of nitrogens with zero attached hydrogens (tertiary/aromatic N) is 1. The zero-order chi connectivity index (χ0) is 14.8. The molecular weight excluding hydrogens is 269 g/mol. The van der Waals surface area contributed by atoms with E-state index in [2.05, 4.69) is 5.32 Å². The van der Waals surface area contributed by atoms with Gasteiger partial charge in [0.1, 0.15) is 11.8 Å². The number of ether oxygens (including phenoxy) is 1. The maximum absolute atomic E-state index is 13.5. The van der Waals surface area contributed by atoms with Crippen LogP contribution in [0.5, 0.6) is 5.75 Å². The number of methoxy groups -OCH3 is 1. The molecule has 1 atom stereocenters. The molecule has 0 radical (unpaired) electrons. The minimum Gasteiger partial charge on any atom is -0.497 e. The molecule has 1 saturated heterocycles. The zero-order valence-electron chi connectivity index (χ0n) is 11.6. The van der Waals surface area contributed by atoms with Crippen molar-refractivity contribution >= 4 is 0 Å². The normalized spacial score (nSPS) is 18.9. The van der Waals surface area contributed by atoms with Crippen molar-refractivity contribution in [1.82, 2.24) is 10.2 Å². The molecule has 0 unspecified atom stereocenters. The van der Waals surface area contributed by atoms with Crippen LogP contribution in [0.15, 0.2) is 18.2 Å². The molecule has 112 valence electrons. The number of hydrogen-bond acceptors (Lipinski definition) is 3. The molecule has 0 amide bonds. The highest BCUT2D eigenvalue weighted by Gasteiger charge is 2.45. The van der Waals surface area contributed by atoms with Gasteiger partial charge in [-0.3, -0.25) is 4.90 Å². The number of piperazine rings is 1. The molecule has 0 saturated carbocycles. The molecule has 1 heterocycles. The van der Waals surface area contributed by atoms with Crippen LogP contribution in [0.3, 0.4) is 0 Å². The molecule has 1 aliphatic heterocycles. The molecule has 3 nitrogen and oxygen atoms in total. The third-order valence-electron chi connectivity index (χ3n) is 3.60. The summed E-state index contributed by atoms with van der Waals surface area (Å²) in [5.74, 6) is 0.576. The van der Waals surface area contributed by atoms with Gasteiger partial charge in [0, 0.05) is 26.2 Å². The Morgan fingerprint density at radius 3 is 2.40 bits per heavy atom. The largest absolute Gasteiger partial charge is 0.497 e. The van der Waals surface area contributed by atoms with Crippen LogP contribution in [-0.4, -0.2) is 44.4 Å². The standard InChI is InChI=1S/C14H19F3N2O/c1-10-9-11(20-2)3-4-12(10)13(14(15,16)17)19-7-5-18-6-8-19/h3-4,9,13,18H,5-8H2,1-2H3/t13-/m1/s1. The van der Waals surface area contributed by atoms with E-state index in [0.717, 1.165) is 0 Å². The van der Waals surface area contributed by atoms with Crippen molar-refractivity contribution < 1.29 is 17.9 Å². The van der Waals surface area contributed by atoms with Crippen LogP contribution in [0, 0.1) is 6.92 Å². The highest BCUT2D eigenvalue weighted by molar-refractivity contribution is 5.37. The summed E-state index contributed by atoms with van der Waals surface area (Å²) in [4.78, 5) is 1.49. The Bertz CT molecular complexity index is 456. The van der Waals surface area contributed by atoms with Gasteiger partial charge in [-0.05, 0) is 30.2 Å². The lowest BCUT2D eigenvalue weighted by Crippen LogP contribution is -2.49. The predicted molar refractivity (Wildman–Crippen MR) is 71.0 cm³/mol. The number of hydrogen-bond donors (Lipinski definition) is 1. The average Bonchev–Trinajstić information content (AvgIpc) is 2.40. The van der Waals surface area contributed by atoms with E-state index in [1.807, 2.05) is 0 Å². The molecule has 2 rings (SSSR count). The molecule has 0 spiro atoms. The number of rotatable bonds is 3. The van der Waals surface area contributed by atoms with Gasteiger partial charge in [0.15, 0.2) is 0 Å². The summed E-state index contributed by atoms with van der Waals surface area (Å²) in [6, 6.07) is 3.21. The van der Waals surface area contributed by atoms with E-state index in [-0.39, 0.29) is 0 Å². The number of halogens is 3. The smallest absolute Gasteiger partial charge is 0.408 e. The van der Waals surface area contributed by atoms with Crippen molar-refractivity contribution in [3.8, 4) is 5.75 Å². The Morgan fingerprint density at radius 1 is 1.25 bits per heavy atom. The molecular formula is C14H19F3N2O. The summed E-state index contributed by atoms with van der Waals surface area (Å²) >= 11 is 0. The van der Waals surface area contributed by atoms with E-state index in [9.17, 15) is 13.2 Å². The number of benzene rings is 1. The first kappa shape index (κ1) is 15.1. The lowest BCUT2D eigenvalue weighted by atomic mass is 9.98. The first-order valence-electron chi connectivity index (χ1n) is 6.59. The van der Waals surface area contributed by atoms with Crippen molar-refractivity contribution in [3.05, 3.63) is 29.3 Å². The first-order chi connectivity index (χ1) is 9.43. The molecule has 0 aliphatic carbocycles. The fourth-order valence-electron chi connectivity index (χ4n) is 2.60. The SMILES string of the molecule is COc1ccc([C@@H](N2CCNCC2)C(F)(F)F)c(C)c1. The van der Waals surface area contributed by atoms with Crippen LogP contribution in [0.4, 0.5) is 13.2 Å². The van der Waals surface area contributed by atoms with Gasteiger partial charge in [0.05, 0.1) is 7.11 Å². The van der Waals surface area contributed by atoms with E-state index < -0.39 is 12.2 Å². The molecule has 1 aromatic rings. The Kier molecular flexibility index (Phi) is 4.55. The summed E-state index contributed by atoms with van der Waals surface area (Å²) in [5.41, 5.74) is 0.908. The van der Waals surface area contributed by atoms with Gasteiger partial charge in [0.2, 0.25) is 0 Å². The molecule has 0 bridgehead atoms. The first-order valence-corrected chi connectivity index (χ1v) is 6.59. The minimum absolute atomic E-state index is 0.306. The Hall–Kier alpha value is -1.27. The summed E-state index contributed by atoms with van der Waals surface area (Å²) in [7, 11) is 1.51. The maximum atomic E-state index is 13.5. The van der Waals surface area contributed by atoms with Gasteiger partial charge in [0.25, 0.3) is 0 Å². The fraction of sp³-hybridized carbons (Fsp3) is 0.571. The number of nitrogens with one attached hydrogen (secondary N) is 1. The number of aryl methyl sites for hydroxylation is 1. The highest BCUT2D eigenvalue weighted by atomic mass is 19.4.